The van der Waals surface area contributed by atoms with Gasteiger partial charge in [0.15, 0.2) is 0 Å². The fourth-order valence-electron chi connectivity index (χ4n) is 1.47. The number of hydrogen-bond acceptors (Lipinski definition) is 4. The fourth-order valence-corrected chi connectivity index (χ4v) is 1.47. The van der Waals surface area contributed by atoms with E-state index in [4.69, 9.17) is 10.2 Å². The monoisotopic (exact) mass is 250 g/mol. The fraction of sp³-hybridized carbons (Fsp3) is 0.500. The zero-order valence-electron chi connectivity index (χ0n) is 8.98. The van der Waals surface area contributed by atoms with Gasteiger partial charge in [-0.2, -0.15) is 13.2 Å². The maximum atomic E-state index is 12.3. The van der Waals surface area contributed by atoms with E-state index in [-0.39, 0.29) is 12.2 Å². The minimum absolute atomic E-state index is 0.156. The van der Waals surface area contributed by atoms with Crippen LogP contribution in [0.2, 0.25) is 0 Å². The molecule has 1 aromatic heterocycles. The van der Waals surface area contributed by atoms with Gasteiger partial charge in [-0.25, -0.2) is 0 Å². The van der Waals surface area contributed by atoms with Crippen LogP contribution in [0.15, 0.2) is 18.5 Å². The van der Waals surface area contributed by atoms with E-state index in [1.54, 1.807) is 0 Å². The molecule has 0 unspecified atom stereocenters. The highest BCUT2D eigenvalue weighted by atomic mass is 19.4. The van der Waals surface area contributed by atoms with Crippen LogP contribution >= 0.6 is 0 Å². The van der Waals surface area contributed by atoms with Crippen LogP contribution in [-0.2, 0) is 6.61 Å². The first-order valence-corrected chi connectivity index (χ1v) is 4.94. The van der Waals surface area contributed by atoms with Gasteiger partial charge < -0.3 is 15.1 Å². The summed E-state index contributed by atoms with van der Waals surface area (Å²) < 4.78 is 37.0. The predicted molar refractivity (Wildman–Crippen MR) is 55.5 cm³/mol. The molecule has 1 rings (SSSR count). The Labute approximate surface area is 96.3 Å². The Morgan fingerprint density at radius 1 is 1.29 bits per heavy atom. The number of hydrogen-bond donors (Lipinski definition) is 2. The molecule has 0 radical (unpaired) electrons. The lowest BCUT2D eigenvalue weighted by Crippen LogP contribution is -2.36. The van der Waals surface area contributed by atoms with E-state index in [9.17, 15) is 13.2 Å². The summed E-state index contributed by atoms with van der Waals surface area (Å²) in [7, 11) is 0. The van der Waals surface area contributed by atoms with E-state index < -0.39 is 25.9 Å². The van der Waals surface area contributed by atoms with Crippen LogP contribution in [0.1, 0.15) is 5.56 Å². The van der Waals surface area contributed by atoms with E-state index in [0.29, 0.717) is 5.56 Å². The molecule has 96 valence electrons. The molecule has 0 aliphatic rings. The lowest BCUT2D eigenvalue weighted by Gasteiger charge is -2.26. The number of alkyl halides is 3. The molecule has 2 N–H and O–H groups in total. The van der Waals surface area contributed by atoms with Gasteiger partial charge >= 0.3 is 6.18 Å². The number of nitrogens with zero attached hydrogens (tertiary/aromatic N) is 2. The quantitative estimate of drug-likeness (QED) is 0.816. The van der Waals surface area contributed by atoms with E-state index in [1.165, 1.54) is 18.5 Å². The maximum Gasteiger partial charge on any atom is 0.405 e. The van der Waals surface area contributed by atoms with Crippen molar-refractivity contribution in [2.45, 2.75) is 12.8 Å². The molecule has 0 aliphatic heterocycles. The molecule has 0 saturated carbocycles. The third kappa shape index (κ3) is 4.20. The Morgan fingerprint density at radius 3 is 2.53 bits per heavy atom. The molecule has 0 fully saturated rings. The zero-order chi connectivity index (χ0) is 12.9. The Hall–Kier alpha value is -1.34. The number of pyridine rings is 1. The van der Waals surface area contributed by atoms with Gasteiger partial charge in [0.25, 0.3) is 0 Å². The Balaban J connectivity index is 2.96. The third-order valence-electron chi connectivity index (χ3n) is 2.13. The molecule has 4 nitrogen and oxygen atoms in total. The van der Waals surface area contributed by atoms with E-state index >= 15 is 0 Å². The second-order valence-electron chi connectivity index (χ2n) is 3.42. The average Bonchev–Trinajstić information content (AvgIpc) is 2.27. The van der Waals surface area contributed by atoms with Gasteiger partial charge in [-0.15, -0.1) is 0 Å². The summed E-state index contributed by atoms with van der Waals surface area (Å²) >= 11 is 0. The van der Waals surface area contributed by atoms with Crippen molar-refractivity contribution in [1.29, 1.82) is 0 Å². The summed E-state index contributed by atoms with van der Waals surface area (Å²) in [6.07, 6.45) is -1.73. The molecule has 17 heavy (non-hydrogen) atoms. The standard InChI is InChI=1S/C10H13F3N2O2/c11-10(12,13)7-15(3-4-16)9-1-2-14-5-8(9)6-17/h1-2,5,16-17H,3-4,6-7H2. The highest BCUT2D eigenvalue weighted by molar-refractivity contribution is 5.52. The van der Waals surface area contributed by atoms with E-state index in [1.807, 2.05) is 0 Å². The van der Waals surface area contributed by atoms with Crippen molar-refractivity contribution in [2.75, 3.05) is 24.6 Å². The van der Waals surface area contributed by atoms with E-state index in [2.05, 4.69) is 4.98 Å². The second-order valence-corrected chi connectivity index (χ2v) is 3.42. The highest BCUT2D eigenvalue weighted by Gasteiger charge is 2.31. The summed E-state index contributed by atoms with van der Waals surface area (Å²) in [5, 5.41) is 17.8. The van der Waals surface area contributed by atoms with Crippen LogP contribution in [-0.4, -0.2) is 41.1 Å². The zero-order valence-corrected chi connectivity index (χ0v) is 8.98. The number of anilines is 1. The molecule has 0 bridgehead atoms. The van der Waals surface area contributed by atoms with Gasteiger partial charge in [-0.3, -0.25) is 4.98 Å². The Kier molecular flexibility index (Phi) is 4.71. The summed E-state index contributed by atoms with van der Waals surface area (Å²) in [5.74, 6) is 0. The maximum absolute atomic E-state index is 12.3. The molecule has 0 amide bonds. The van der Waals surface area contributed by atoms with Crippen molar-refractivity contribution >= 4 is 5.69 Å². The number of rotatable bonds is 5. The molecule has 0 atom stereocenters. The summed E-state index contributed by atoms with van der Waals surface area (Å²) in [4.78, 5) is 4.69. The highest BCUT2D eigenvalue weighted by Crippen LogP contribution is 2.24. The van der Waals surface area contributed by atoms with Crippen LogP contribution in [0.3, 0.4) is 0 Å². The Bertz CT molecular complexity index is 358. The van der Waals surface area contributed by atoms with Gasteiger partial charge in [0.05, 0.1) is 13.2 Å². The predicted octanol–water partition coefficient (Wildman–Crippen LogP) is 0.935. The van der Waals surface area contributed by atoms with Gasteiger partial charge in [-0.05, 0) is 6.07 Å². The van der Waals surface area contributed by atoms with Crippen molar-refractivity contribution in [3.05, 3.63) is 24.0 Å². The summed E-state index contributed by atoms with van der Waals surface area (Å²) in [5.41, 5.74) is 0.527. The molecule has 7 heteroatoms. The van der Waals surface area contributed by atoms with Gasteiger partial charge in [0.1, 0.15) is 6.54 Å². The van der Waals surface area contributed by atoms with Crippen LogP contribution in [0.4, 0.5) is 18.9 Å². The molecular formula is C10H13F3N2O2. The normalized spacial score (nSPS) is 11.6. The first-order chi connectivity index (χ1) is 7.98. The van der Waals surface area contributed by atoms with Crippen molar-refractivity contribution in [1.82, 2.24) is 4.98 Å². The largest absolute Gasteiger partial charge is 0.405 e. The van der Waals surface area contributed by atoms with Crippen molar-refractivity contribution < 1.29 is 23.4 Å². The number of aromatic nitrogens is 1. The molecule has 0 saturated heterocycles. The molecular weight excluding hydrogens is 237 g/mol. The number of halogens is 3. The average molecular weight is 250 g/mol. The molecule has 0 aliphatic carbocycles. The minimum Gasteiger partial charge on any atom is -0.395 e. The molecule has 0 aromatic carbocycles. The van der Waals surface area contributed by atoms with Crippen molar-refractivity contribution in [3.63, 3.8) is 0 Å². The van der Waals surface area contributed by atoms with Crippen molar-refractivity contribution in [2.24, 2.45) is 0 Å². The first-order valence-electron chi connectivity index (χ1n) is 4.94. The molecule has 1 aromatic rings. The minimum atomic E-state index is -4.37. The van der Waals surface area contributed by atoms with Crippen molar-refractivity contribution in [3.8, 4) is 0 Å². The summed E-state index contributed by atoms with van der Waals surface area (Å²) in [6.45, 7) is -2.13. The van der Waals surface area contributed by atoms with E-state index in [0.717, 1.165) is 4.90 Å². The first kappa shape index (κ1) is 13.7. The van der Waals surface area contributed by atoms with Crippen LogP contribution in [0, 0.1) is 0 Å². The summed E-state index contributed by atoms with van der Waals surface area (Å²) in [6, 6.07) is 1.38. The van der Waals surface area contributed by atoms with Crippen LogP contribution in [0.5, 0.6) is 0 Å². The second kappa shape index (κ2) is 5.83. The Morgan fingerprint density at radius 2 is 2.00 bits per heavy atom. The number of aliphatic hydroxyl groups excluding tert-OH is 2. The topological polar surface area (TPSA) is 56.6 Å². The lowest BCUT2D eigenvalue weighted by atomic mass is 10.2. The van der Waals surface area contributed by atoms with Gasteiger partial charge in [0, 0.05) is 30.2 Å². The third-order valence-corrected chi connectivity index (χ3v) is 2.13. The molecule has 0 spiro atoms. The van der Waals surface area contributed by atoms with Gasteiger partial charge in [-0.1, -0.05) is 0 Å². The number of aliphatic hydroxyl groups is 2. The van der Waals surface area contributed by atoms with Crippen LogP contribution in [0.25, 0.3) is 0 Å². The van der Waals surface area contributed by atoms with Gasteiger partial charge in [0.2, 0.25) is 0 Å². The SMILES string of the molecule is OCCN(CC(F)(F)F)c1ccncc1CO. The lowest BCUT2D eigenvalue weighted by molar-refractivity contribution is -0.119. The molecule has 1 heterocycles. The van der Waals surface area contributed by atoms with Crippen LogP contribution < -0.4 is 4.90 Å². The smallest absolute Gasteiger partial charge is 0.395 e.